The maximum atomic E-state index is 13.2. The van der Waals surface area contributed by atoms with Crippen molar-refractivity contribution in [2.75, 3.05) is 7.11 Å². The van der Waals surface area contributed by atoms with E-state index in [4.69, 9.17) is 10.5 Å². The highest BCUT2D eigenvalue weighted by atomic mass is 32.1. The van der Waals surface area contributed by atoms with Gasteiger partial charge in [-0.05, 0) is 47.3 Å². The number of rotatable bonds is 3. The van der Waals surface area contributed by atoms with Gasteiger partial charge in [-0.15, -0.1) is 11.3 Å². The summed E-state index contributed by atoms with van der Waals surface area (Å²) in [6.45, 7) is 0. The number of methoxy groups -OCH3 is 1. The number of thiophene rings is 1. The molecule has 0 saturated heterocycles. The summed E-state index contributed by atoms with van der Waals surface area (Å²) in [5.74, 6) is 0.557. The second kappa shape index (κ2) is 5.23. The van der Waals surface area contributed by atoms with E-state index in [1.54, 1.807) is 24.5 Å². The summed E-state index contributed by atoms with van der Waals surface area (Å²) in [5, 5.41) is 0.892. The van der Waals surface area contributed by atoms with Crippen molar-refractivity contribution in [1.82, 2.24) is 0 Å². The topological polar surface area (TPSA) is 35.2 Å². The molecule has 0 amide bonds. The van der Waals surface area contributed by atoms with E-state index in [0.717, 1.165) is 26.3 Å². The Labute approximate surface area is 120 Å². The van der Waals surface area contributed by atoms with Crippen LogP contribution in [0, 0.1) is 5.82 Å². The fourth-order valence-corrected chi connectivity index (χ4v) is 3.26. The predicted octanol–water partition coefficient (Wildman–Crippen LogP) is 4.10. The third kappa shape index (κ3) is 2.40. The molecular weight excluding hydrogens is 273 g/mol. The molecule has 0 aliphatic heterocycles. The van der Waals surface area contributed by atoms with Gasteiger partial charge in [0.25, 0.3) is 0 Å². The van der Waals surface area contributed by atoms with E-state index in [2.05, 4.69) is 0 Å². The predicted molar refractivity (Wildman–Crippen MR) is 80.8 cm³/mol. The van der Waals surface area contributed by atoms with E-state index in [9.17, 15) is 4.39 Å². The molecule has 102 valence electrons. The molecule has 2 N–H and O–H groups in total. The van der Waals surface area contributed by atoms with Gasteiger partial charge in [-0.3, -0.25) is 0 Å². The van der Waals surface area contributed by atoms with Crippen LogP contribution in [0.4, 0.5) is 4.39 Å². The van der Waals surface area contributed by atoms with Crippen molar-refractivity contribution < 1.29 is 9.13 Å². The van der Waals surface area contributed by atoms with E-state index in [0.29, 0.717) is 0 Å². The molecule has 3 rings (SSSR count). The Morgan fingerprint density at radius 3 is 2.80 bits per heavy atom. The molecule has 1 aromatic heterocycles. The first-order valence-electron chi connectivity index (χ1n) is 6.26. The number of ether oxygens (including phenoxy) is 1. The van der Waals surface area contributed by atoms with Crippen LogP contribution >= 0.6 is 11.3 Å². The lowest BCUT2D eigenvalue weighted by molar-refractivity contribution is 0.414. The SMILES string of the molecule is COc1cccc(C(N)c2cc3cc(F)ccc3s2)c1. The second-order valence-corrected chi connectivity index (χ2v) is 5.70. The van der Waals surface area contributed by atoms with Crippen LogP contribution in [0.5, 0.6) is 5.75 Å². The van der Waals surface area contributed by atoms with E-state index >= 15 is 0 Å². The van der Waals surface area contributed by atoms with Gasteiger partial charge in [0.2, 0.25) is 0 Å². The van der Waals surface area contributed by atoms with Crippen LogP contribution in [0.25, 0.3) is 10.1 Å². The molecule has 3 aromatic rings. The molecule has 1 atom stereocenters. The summed E-state index contributed by atoms with van der Waals surface area (Å²) >= 11 is 1.59. The third-order valence-electron chi connectivity index (χ3n) is 3.26. The van der Waals surface area contributed by atoms with Crippen molar-refractivity contribution in [2.24, 2.45) is 5.73 Å². The molecule has 0 saturated carbocycles. The van der Waals surface area contributed by atoms with Crippen molar-refractivity contribution in [3.63, 3.8) is 0 Å². The Morgan fingerprint density at radius 2 is 2.00 bits per heavy atom. The zero-order chi connectivity index (χ0) is 14.1. The Hall–Kier alpha value is -1.91. The van der Waals surface area contributed by atoms with Gasteiger partial charge in [0, 0.05) is 9.58 Å². The summed E-state index contributed by atoms with van der Waals surface area (Å²) in [6.07, 6.45) is 0. The summed E-state index contributed by atoms with van der Waals surface area (Å²) in [5.41, 5.74) is 7.29. The highest BCUT2D eigenvalue weighted by molar-refractivity contribution is 7.19. The molecule has 0 bridgehead atoms. The maximum Gasteiger partial charge on any atom is 0.123 e. The first-order chi connectivity index (χ1) is 9.67. The largest absolute Gasteiger partial charge is 0.497 e. The Kier molecular flexibility index (Phi) is 3.42. The molecule has 0 aliphatic rings. The average Bonchev–Trinajstić information content (AvgIpc) is 2.89. The summed E-state index contributed by atoms with van der Waals surface area (Å²) < 4.78 is 19.5. The van der Waals surface area contributed by atoms with E-state index < -0.39 is 0 Å². The molecule has 0 radical (unpaired) electrons. The Bertz CT molecular complexity index is 753. The van der Waals surface area contributed by atoms with Crippen LogP contribution in [0.3, 0.4) is 0 Å². The van der Waals surface area contributed by atoms with Crippen molar-refractivity contribution in [2.45, 2.75) is 6.04 Å². The van der Waals surface area contributed by atoms with Gasteiger partial charge in [0.15, 0.2) is 0 Å². The molecule has 2 aromatic carbocycles. The number of hydrogen-bond donors (Lipinski definition) is 1. The first kappa shape index (κ1) is 13.1. The fraction of sp³-hybridized carbons (Fsp3) is 0.125. The van der Waals surface area contributed by atoms with Crippen LogP contribution < -0.4 is 10.5 Å². The summed E-state index contributed by atoms with van der Waals surface area (Å²) in [6, 6.07) is 14.2. The van der Waals surface area contributed by atoms with Gasteiger partial charge in [0.05, 0.1) is 13.2 Å². The highest BCUT2D eigenvalue weighted by Crippen LogP contribution is 2.33. The van der Waals surface area contributed by atoms with Crippen LogP contribution in [-0.4, -0.2) is 7.11 Å². The van der Waals surface area contributed by atoms with Crippen LogP contribution in [0.15, 0.2) is 48.5 Å². The third-order valence-corrected chi connectivity index (χ3v) is 4.46. The number of halogens is 1. The van der Waals surface area contributed by atoms with E-state index in [-0.39, 0.29) is 11.9 Å². The van der Waals surface area contributed by atoms with Gasteiger partial charge < -0.3 is 10.5 Å². The van der Waals surface area contributed by atoms with Gasteiger partial charge in [-0.1, -0.05) is 12.1 Å². The summed E-state index contributed by atoms with van der Waals surface area (Å²) in [7, 11) is 1.63. The number of fused-ring (bicyclic) bond motifs is 1. The lowest BCUT2D eigenvalue weighted by Crippen LogP contribution is -2.10. The van der Waals surface area contributed by atoms with E-state index in [1.165, 1.54) is 12.1 Å². The molecule has 0 fully saturated rings. The molecule has 2 nitrogen and oxygen atoms in total. The minimum atomic E-state index is -0.231. The highest BCUT2D eigenvalue weighted by Gasteiger charge is 2.13. The molecule has 1 unspecified atom stereocenters. The monoisotopic (exact) mass is 287 g/mol. The molecule has 4 heteroatoms. The summed E-state index contributed by atoms with van der Waals surface area (Å²) in [4.78, 5) is 1.01. The van der Waals surface area contributed by atoms with Crippen molar-refractivity contribution in [3.8, 4) is 5.75 Å². The minimum absolute atomic E-state index is 0.225. The Balaban J connectivity index is 2.00. The molecule has 0 aliphatic carbocycles. The molecule has 20 heavy (non-hydrogen) atoms. The number of hydrogen-bond acceptors (Lipinski definition) is 3. The van der Waals surface area contributed by atoms with Crippen LogP contribution in [-0.2, 0) is 0 Å². The smallest absolute Gasteiger partial charge is 0.123 e. The maximum absolute atomic E-state index is 13.2. The van der Waals surface area contributed by atoms with Crippen molar-refractivity contribution >= 4 is 21.4 Å². The second-order valence-electron chi connectivity index (χ2n) is 4.59. The van der Waals surface area contributed by atoms with Gasteiger partial charge in [0.1, 0.15) is 11.6 Å². The lowest BCUT2D eigenvalue weighted by atomic mass is 10.1. The zero-order valence-electron chi connectivity index (χ0n) is 11.0. The van der Waals surface area contributed by atoms with Crippen molar-refractivity contribution in [1.29, 1.82) is 0 Å². The Morgan fingerprint density at radius 1 is 1.15 bits per heavy atom. The molecular formula is C16H14FNOS. The number of benzene rings is 2. The van der Waals surface area contributed by atoms with Gasteiger partial charge in [-0.25, -0.2) is 4.39 Å². The van der Waals surface area contributed by atoms with Gasteiger partial charge in [-0.2, -0.15) is 0 Å². The van der Waals surface area contributed by atoms with Crippen molar-refractivity contribution in [3.05, 3.63) is 64.8 Å². The first-order valence-corrected chi connectivity index (χ1v) is 7.07. The fourth-order valence-electron chi connectivity index (χ4n) is 2.19. The lowest BCUT2D eigenvalue weighted by Gasteiger charge is -2.11. The molecule has 0 spiro atoms. The van der Waals surface area contributed by atoms with Gasteiger partial charge >= 0.3 is 0 Å². The average molecular weight is 287 g/mol. The number of nitrogens with two attached hydrogens (primary N) is 1. The van der Waals surface area contributed by atoms with Crippen LogP contribution in [0.2, 0.25) is 0 Å². The van der Waals surface area contributed by atoms with E-state index in [1.807, 2.05) is 30.3 Å². The zero-order valence-corrected chi connectivity index (χ0v) is 11.8. The van der Waals surface area contributed by atoms with Crippen LogP contribution in [0.1, 0.15) is 16.5 Å². The normalized spacial score (nSPS) is 12.6. The standard InChI is InChI=1S/C16H14FNOS/c1-19-13-4-2-3-10(8-13)16(18)15-9-11-7-12(17)5-6-14(11)20-15/h2-9,16H,18H2,1H3. The molecule has 1 heterocycles. The quantitative estimate of drug-likeness (QED) is 0.787. The minimum Gasteiger partial charge on any atom is -0.497 e.